The smallest absolute Gasteiger partial charge is 0.305 e. The molecule has 0 aliphatic carbocycles. The number of hydrogen-bond acceptors (Lipinski definition) is 9. The van der Waals surface area contributed by atoms with E-state index in [9.17, 15) is 19.2 Å². The van der Waals surface area contributed by atoms with Crippen LogP contribution in [-0.4, -0.2) is 86.8 Å². The van der Waals surface area contributed by atoms with Gasteiger partial charge in [-0.15, -0.1) is 0 Å². The average Bonchev–Trinajstić information content (AvgIpc) is 2.43. The van der Waals surface area contributed by atoms with Crippen molar-refractivity contribution < 1.29 is 47.3 Å². The predicted octanol–water partition coefficient (Wildman–Crippen LogP) is -0.224. The number of ether oxygens (including phenoxy) is 5. The van der Waals surface area contributed by atoms with Gasteiger partial charge in [0.15, 0.2) is 18.3 Å². The van der Waals surface area contributed by atoms with E-state index >= 15 is 0 Å². The minimum absolute atomic E-state index is 0.334. The van der Waals surface area contributed by atoms with Gasteiger partial charge in [-0.3, -0.25) is 19.2 Å². The van der Waals surface area contributed by atoms with Gasteiger partial charge in [0.2, 0.25) is 12.4 Å². The summed E-state index contributed by atoms with van der Waals surface area (Å²) < 4.78 is 27.2. The number of carbonyl (C=O) groups is 4. The fourth-order valence-electron chi connectivity index (χ4n) is 2.80. The van der Waals surface area contributed by atoms with E-state index in [0.29, 0.717) is 11.0 Å². The molecule has 0 amide bonds. The lowest BCUT2D eigenvalue weighted by atomic mass is 9.97. The van der Waals surface area contributed by atoms with E-state index in [0.717, 1.165) is 6.92 Å². The highest BCUT2D eigenvalue weighted by Gasteiger charge is 2.54. The first-order valence-electron chi connectivity index (χ1n) is 8.45. The minimum Gasteiger partial charge on any atom is -0.455 e. The van der Waals surface area contributed by atoms with Gasteiger partial charge in [-0.25, -0.2) is 0 Å². The summed E-state index contributed by atoms with van der Waals surface area (Å²) >= 11 is 0. The molecular formula is C17H28NO9+. The van der Waals surface area contributed by atoms with Crippen molar-refractivity contribution in [2.24, 2.45) is 0 Å². The molecule has 1 heterocycles. The van der Waals surface area contributed by atoms with E-state index in [4.69, 9.17) is 23.7 Å². The Balaban J connectivity index is 3.35. The Labute approximate surface area is 158 Å². The average molecular weight is 390 g/mol. The third-order valence-electron chi connectivity index (χ3n) is 3.51. The maximum atomic E-state index is 11.6. The fourth-order valence-corrected chi connectivity index (χ4v) is 2.80. The second-order valence-electron chi connectivity index (χ2n) is 7.35. The summed E-state index contributed by atoms with van der Waals surface area (Å²) in [5.41, 5.74) is 0. The molecule has 27 heavy (non-hydrogen) atoms. The van der Waals surface area contributed by atoms with Crippen molar-refractivity contribution in [3.8, 4) is 0 Å². The number of carbonyl (C=O) groups excluding carboxylic acids is 4. The van der Waals surface area contributed by atoms with Gasteiger partial charge in [0, 0.05) is 27.7 Å². The van der Waals surface area contributed by atoms with Crippen LogP contribution < -0.4 is 0 Å². The van der Waals surface area contributed by atoms with Crippen LogP contribution in [-0.2, 0) is 42.9 Å². The molecule has 1 fully saturated rings. The summed E-state index contributed by atoms with van der Waals surface area (Å²) in [6.45, 7) is 5.02. The highest BCUT2D eigenvalue weighted by molar-refractivity contribution is 5.69. The van der Waals surface area contributed by atoms with Crippen molar-refractivity contribution >= 4 is 23.9 Å². The second kappa shape index (κ2) is 9.14. The van der Waals surface area contributed by atoms with Gasteiger partial charge >= 0.3 is 23.9 Å². The number of hydrogen-bond donors (Lipinski definition) is 0. The van der Waals surface area contributed by atoms with E-state index < -0.39 is 54.6 Å². The molecule has 1 aliphatic rings. The first-order chi connectivity index (χ1) is 12.3. The molecule has 0 aromatic carbocycles. The third kappa shape index (κ3) is 7.51. The standard InChI is InChI=1S/C17H28NO9/c1-9(19)23-14-13(8-18(5,6)7)27-17(26-12(4)22)16(25-11(3)21)15(14)24-10(2)20/h13-17H,8H2,1-7H3/q+1/t13-,14-,15+,16-,17+/m1/s1. The summed E-state index contributed by atoms with van der Waals surface area (Å²) in [6.07, 6.45) is -5.65. The summed E-state index contributed by atoms with van der Waals surface area (Å²) in [4.78, 5) is 46.3. The van der Waals surface area contributed by atoms with E-state index in [-0.39, 0.29) is 0 Å². The maximum absolute atomic E-state index is 11.6. The largest absolute Gasteiger partial charge is 0.455 e. The molecule has 10 nitrogen and oxygen atoms in total. The zero-order valence-electron chi connectivity index (χ0n) is 16.7. The predicted molar refractivity (Wildman–Crippen MR) is 90.0 cm³/mol. The molecule has 154 valence electrons. The van der Waals surface area contributed by atoms with Crippen LogP contribution in [0.1, 0.15) is 27.7 Å². The Morgan fingerprint density at radius 1 is 0.704 bits per heavy atom. The molecule has 0 aromatic rings. The van der Waals surface area contributed by atoms with Crippen molar-refractivity contribution in [3.05, 3.63) is 0 Å². The summed E-state index contributed by atoms with van der Waals surface area (Å²) in [5, 5.41) is 0. The molecule has 10 heteroatoms. The molecule has 0 saturated carbocycles. The monoisotopic (exact) mass is 390 g/mol. The highest BCUT2D eigenvalue weighted by Crippen LogP contribution is 2.30. The van der Waals surface area contributed by atoms with Gasteiger partial charge in [-0.2, -0.15) is 0 Å². The maximum Gasteiger partial charge on any atom is 0.305 e. The van der Waals surface area contributed by atoms with E-state index in [1.165, 1.54) is 20.8 Å². The molecule has 1 rings (SSSR count). The van der Waals surface area contributed by atoms with Gasteiger partial charge in [-0.1, -0.05) is 0 Å². The van der Waals surface area contributed by atoms with E-state index in [1.54, 1.807) is 0 Å². The minimum atomic E-state index is -1.32. The molecule has 0 N–H and O–H groups in total. The number of esters is 4. The quantitative estimate of drug-likeness (QED) is 0.345. The van der Waals surface area contributed by atoms with Gasteiger partial charge in [0.05, 0.1) is 21.1 Å². The topological polar surface area (TPSA) is 114 Å². The van der Waals surface area contributed by atoms with Crippen LogP contribution in [0.15, 0.2) is 0 Å². The van der Waals surface area contributed by atoms with Crippen LogP contribution in [0.2, 0.25) is 0 Å². The number of quaternary nitrogens is 1. The van der Waals surface area contributed by atoms with E-state index in [2.05, 4.69) is 0 Å². The Morgan fingerprint density at radius 2 is 1.11 bits per heavy atom. The third-order valence-corrected chi connectivity index (χ3v) is 3.51. The molecule has 0 aromatic heterocycles. The lowest BCUT2D eigenvalue weighted by Gasteiger charge is -2.45. The number of rotatable bonds is 6. The summed E-state index contributed by atoms with van der Waals surface area (Å²) in [6, 6.07) is 0. The lowest BCUT2D eigenvalue weighted by molar-refractivity contribution is -0.874. The van der Waals surface area contributed by atoms with Crippen molar-refractivity contribution in [2.45, 2.75) is 58.4 Å². The van der Waals surface area contributed by atoms with Crippen molar-refractivity contribution in [1.82, 2.24) is 0 Å². The Kier molecular flexibility index (Phi) is 7.73. The number of likely N-dealkylation sites (N-methyl/N-ethyl adjacent to an activating group) is 1. The van der Waals surface area contributed by atoms with Crippen LogP contribution >= 0.6 is 0 Å². The molecule has 0 unspecified atom stereocenters. The van der Waals surface area contributed by atoms with Crippen molar-refractivity contribution in [1.29, 1.82) is 0 Å². The Hall–Kier alpha value is -2.20. The van der Waals surface area contributed by atoms with Gasteiger partial charge in [0.1, 0.15) is 6.54 Å². The normalized spacial score (nSPS) is 28.0. The summed E-state index contributed by atoms with van der Waals surface area (Å²) in [5.74, 6) is -2.68. The molecule has 0 spiro atoms. The Morgan fingerprint density at radius 3 is 1.52 bits per heavy atom. The highest BCUT2D eigenvalue weighted by atomic mass is 16.7. The fraction of sp³-hybridized carbons (Fsp3) is 0.765. The molecule has 0 bridgehead atoms. The Bertz CT molecular complexity index is 583. The molecule has 0 radical (unpaired) electrons. The molecular weight excluding hydrogens is 362 g/mol. The zero-order chi connectivity index (χ0) is 20.9. The second-order valence-corrected chi connectivity index (χ2v) is 7.35. The SMILES string of the molecule is CC(=O)O[C@H]1O[C@H](C[N+](C)(C)C)[C@@H](OC(C)=O)[C@H](OC(C)=O)[C@H]1OC(C)=O. The van der Waals surface area contributed by atoms with Crippen LogP contribution in [0, 0.1) is 0 Å². The molecule has 1 aliphatic heterocycles. The van der Waals surface area contributed by atoms with Crippen LogP contribution in [0.25, 0.3) is 0 Å². The van der Waals surface area contributed by atoms with Gasteiger partial charge < -0.3 is 28.2 Å². The summed E-state index contributed by atoms with van der Waals surface area (Å²) in [7, 11) is 5.65. The first-order valence-corrected chi connectivity index (χ1v) is 8.45. The van der Waals surface area contributed by atoms with Gasteiger partial charge in [0.25, 0.3) is 0 Å². The van der Waals surface area contributed by atoms with Crippen molar-refractivity contribution in [3.63, 3.8) is 0 Å². The van der Waals surface area contributed by atoms with E-state index in [1.807, 2.05) is 21.1 Å². The van der Waals surface area contributed by atoms with Crippen molar-refractivity contribution in [2.75, 3.05) is 27.7 Å². The zero-order valence-corrected chi connectivity index (χ0v) is 16.7. The molecule has 1 saturated heterocycles. The van der Waals surface area contributed by atoms with Crippen LogP contribution in [0.3, 0.4) is 0 Å². The van der Waals surface area contributed by atoms with Gasteiger partial charge in [-0.05, 0) is 0 Å². The number of nitrogens with zero attached hydrogens (tertiary/aromatic N) is 1. The first kappa shape index (κ1) is 22.8. The van der Waals surface area contributed by atoms with Crippen LogP contribution in [0.4, 0.5) is 0 Å². The molecule has 5 atom stereocenters. The lowest BCUT2D eigenvalue weighted by Crippen LogP contribution is -2.65. The van der Waals surface area contributed by atoms with Crippen LogP contribution in [0.5, 0.6) is 0 Å².